The lowest BCUT2D eigenvalue weighted by Gasteiger charge is -2.21. The van der Waals surface area contributed by atoms with Crippen molar-refractivity contribution < 1.29 is 4.74 Å². The minimum Gasteiger partial charge on any atom is -0.378 e. The summed E-state index contributed by atoms with van der Waals surface area (Å²) >= 11 is 3.61. The van der Waals surface area contributed by atoms with Gasteiger partial charge in [0.05, 0.1) is 6.10 Å². The van der Waals surface area contributed by atoms with Crippen LogP contribution in [0.4, 0.5) is 0 Å². The van der Waals surface area contributed by atoms with Crippen molar-refractivity contribution in [3.05, 3.63) is 34.3 Å². The number of ether oxygens (including phenoxy) is 1. The first kappa shape index (κ1) is 14.0. The van der Waals surface area contributed by atoms with Gasteiger partial charge in [-0.05, 0) is 37.3 Å². The van der Waals surface area contributed by atoms with Crippen LogP contribution in [-0.4, -0.2) is 19.3 Å². The molecule has 1 fully saturated rings. The molecule has 3 heteroatoms. The maximum Gasteiger partial charge on any atom is 0.0613 e. The molecule has 1 aliphatic rings. The molecular formula is C15H22BrNO. The standard InChI is InChI=1S/C15H22BrNO/c1-3-15-12(8-9-18-15)10-17-11(2)13-6-4-5-7-14(13)16/h4-7,11-12,15,17H,3,8-10H2,1-2H3. The molecule has 3 unspecified atom stereocenters. The largest absolute Gasteiger partial charge is 0.378 e. The lowest BCUT2D eigenvalue weighted by atomic mass is 9.98. The van der Waals surface area contributed by atoms with Gasteiger partial charge in [0.15, 0.2) is 0 Å². The fourth-order valence-electron chi connectivity index (χ4n) is 2.64. The first-order chi connectivity index (χ1) is 8.72. The van der Waals surface area contributed by atoms with E-state index in [9.17, 15) is 0 Å². The van der Waals surface area contributed by atoms with E-state index < -0.39 is 0 Å². The third-order valence-electron chi connectivity index (χ3n) is 3.81. The summed E-state index contributed by atoms with van der Waals surface area (Å²) in [6, 6.07) is 8.79. The van der Waals surface area contributed by atoms with Crippen molar-refractivity contribution in [2.75, 3.05) is 13.2 Å². The Labute approximate surface area is 118 Å². The molecule has 1 N–H and O–H groups in total. The summed E-state index contributed by atoms with van der Waals surface area (Å²) in [5.41, 5.74) is 1.32. The quantitative estimate of drug-likeness (QED) is 0.890. The SMILES string of the molecule is CCC1OCCC1CNC(C)c1ccccc1Br. The van der Waals surface area contributed by atoms with Crippen LogP contribution in [-0.2, 0) is 4.74 Å². The van der Waals surface area contributed by atoms with Gasteiger partial charge < -0.3 is 10.1 Å². The molecule has 2 rings (SSSR count). The molecule has 3 atom stereocenters. The first-order valence-electron chi connectivity index (χ1n) is 6.81. The lowest BCUT2D eigenvalue weighted by molar-refractivity contribution is 0.0867. The molecule has 18 heavy (non-hydrogen) atoms. The van der Waals surface area contributed by atoms with Gasteiger partial charge in [0.25, 0.3) is 0 Å². The van der Waals surface area contributed by atoms with Gasteiger partial charge in [-0.15, -0.1) is 0 Å². The van der Waals surface area contributed by atoms with Gasteiger partial charge in [-0.3, -0.25) is 0 Å². The van der Waals surface area contributed by atoms with E-state index in [1.165, 1.54) is 16.5 Å². The van der Waals surface area contributed by atoms with E-state index in [2.05, 4.69) is 59.4 Å². The van der Waals surface area contributed by atoms with Crippen molar-refractivity contribution in [2.45, 2.75) is 38.8 Å². The molecule has 0 saturated carbocycles. The maximum absolute atomic E-state index is 5.73. The fraction of sp³-hybridized carbons (Fsp3) is 0.600. The Bertz CT molecular complexity index is 383. The summed E-state index contributed by atoms with van der Waals surface area (Å²) in [6.45, 7) is 6.40. The zero-order valence-electron chi connectivity index (χ0n) is 11.2. The van der Waals surface area contributed by atoms with Crippen LogP contribution in [0.2, 0.25) is 0 Å². The normalized spacial score (nSPS) is 25.3. The zero-order chi connectivity index (χ0) is 13.0. The van der Waals surface area contributed by atoms with Crippen LogP contribution in [0.3, 0.4) is 0 Å². The summed E-state index contributed by atoms with van der Waals surface area (Å²) < 4.78 is 6.91. The van der Waals surface area contributed by atoms with Gasteiger partial charge >= 0.3 is 0 Å². The first-order valence-corrected chi connectivity index (χ1v) is 7.61. The van der Waals surface area contributed by atoms with Gasteiger partial charge in [-0.1, -0.05) is 41.1 Å². The highest BCUT2D eigenvalue weighted by Crippen LogP contribution is 2.26. The number of benzene rings is 1. The second-order valence-corrected chi connectivity index (χ2v) is 5.87. The summed E-state index contributed by atoms with van der Waals surface area (Å²) in [6.07, 6.45) is 2.76. The Morgan fingerprint density at radius 1 is 1.44 bits per heavy atom. The predicted octanol–water partition coefficient (Wildman–Crippen LogP) is 3.91. The minimum absolute atomic E-state index is 0.374. The smallest absolute Gasteiger partial charge is 0.0613 e. The van der Waals surface area contributed by atoms with Gasteiger partial charge in [0.1, 0.15) is 0 Å². The number of halogens is 1. The third kappa shape index (κ3) is 3.34. The van der Waals surface area contributed by atoms with Crippen LogP contribution >= 0.6 is 15.9 Å². The summed E-state index contributed by atoms with van der Waals surface area (Å²) in [4.78, 5) is 0. The Kier molecular flexibility index (Phi) is 5.22. The third-order valence-corrected chi connectivity index (χ3v) is 4.53. The Morgan fingerprint density at radius 2 is 2.22 bits per heavy atom. The average Bonchev–Trinajstić information content (AvgIpc) is 2.84. The summed E-state index contributed by atoms with van der Waals surface area (Å²) in [5, 5.41) is 3.64. The Hall–Kier alpha value is -0.380. The van der Waals surface area contributed by atoms with Crippen LogP contribution in [0, 0.1) is 5.92 Å². The summed E-state index contributed by atoms with van der Waals surface area (Å²) in [7, 11) is 0. The van der Waals surface area contributed by atoms with Crippen LogP contribution in [0.1, 0.15) is 38.3 Å². The second-order valence-electron chi connectivity index (χ2n) is 5.02. The molecule has 2 nitrogen and oxygen atoms in total. The minimum atomic E-state index is 0.374. The van der Waals surface area contributed by atoms with Crippen LogP contribution < -0.4 is 5.32 Å². The number of rotatable bonds is 5. The summed E-state index contributed by atoms with van der Waals surface area (Å²) in [5.74, 6) is 0.667. The van der Waals surface area contributed by atoms with Crippen LogP contribution in [0.25, 0.3) is 0 Å². The molecule has 0 aromatic heterocycles. The molecule has 1 saturated heterocycles. The van der Waals surface area contributed by atoms with Crippen LogP contribution in [0.15, 0.2) is 28.7 Å². The zero-order valence-corrected chi connectivity index (χ0v) is 12.7. The number of nitrogens with one attached hydrogen (secondary N) is 1. The number of hydrogen-bond donors (Lipinski definition) is 1. The number of hydrogen-bond acceptors (Lipinski definition) is 2. The fourth-order valence-corrected chi connectivity index (χ4v) is 3.27. The predicted molar refractivity (Wildman–Crippen MR) is 78.7 cm³/mol. The van der Waals surface area contributed by atoms with Crippen molar-refractivity contribution >= 4 is 15.9 Å². The molecule has 1 aromatic rings. The van der Waals surface area contributed by atoms with Gasteiger partial charge in [-0.25, -0.2) is 0 Å². The maximum atomic E-state index is 5.73. The molecule has 1 heterocycles. The van der Waals surface area contributed by atoms with Gasteiger partial charge in [-0.2, -0.15) is 0 Å². The van der Waals surface area contributed by atoms with Crippen molar-refractivity contribution in [1.82, 2.24) is 5.32 Å². The van der Waals surface area contributed by atoms with Crippen molar-refractivity contribution in [1.29, 1.82) is 0 Å². The highest BCUT2D eigenvalue weighted by atomic mass is 79.9. The Balaban J connectivity index is 1.88. The van der Waals surface area contributed by atoms with Crippen LogP contribution in [0.5, 0.6) is 0 Å². The van der Waals surface area contributed by atoms with E-state index in [1.54, 1.807) is 0 Å². The lowest BCUT2D eigenvalue weighted by Crippen LogP contribution is -2.30. The monoisotopic (exact) mass is 311 g/mol. The molecular weight excluding hydrogens is 290 g/mol. The van der Waals surface area contributed by atoms with Gasteiger partial charge in [0.2, 0.25) is 0 Å². The van der Waals surface area contributed by atoms with E-state index in [4.69, 9.17) is 4.74 Å². The van der Waals surface area contributed by atoms with Gasteiger partial charge in [0, 0.05) is 23.7 Å². The topological polar surface area (TPSA) is 21.3 Å². The Morgan fingerprint density at radius 3 is 2.94 bits per heavy atom. The highest BCUT2D eigenvalue weighted by molar-refractivity contribution is 9.10. The molecule has 0 aliphatic carbocycles. The van der Waals surface area contributed by atoms with Crippen molar-refractivity contribution in [3.63, 3.8) is 0 Å². The molecule has 0 bridgehead atoms. The van der Waals surface area contributed by atoms with E-state index in [0.29, 0.717) is 18.1 Å². The highest BCUT2D eigenvalue weighted by Gasteiger charge is 2.26. The van der Waals surface area contributed by atoms with Crippen molar-refractivity contribution in [3.8, 4) is 0 Å². The molecule has 1 aliphatic heterocycles. The van der Waals surface area contributed by atoms with E-state index >= 15 is 0 Å². The average molecular weight is 312 g/mol. The molecule has 100 valence electrons. The van der Waals surface area contributed by atoms with Crippen molar-refractivity contribution in [2.24, 2.45) is 5.92 Å². The molecule has 1 aromatic carbocycles. The van der Waals surface area contributed by atoms with E-state index in [-0.39, 0.29) is 0 Å². The molecule has 0 amide bonds. The van der Waals surface area contributed by atoms with E-state index in [1.807, 2.05) is 0 Å². The second kappa shape index (κ2) is 6.69. The molecule has 0 spiro atoms. The molecule has 0 radical (unpaired) electrons. The van der Waals surface area contributed by atoms with E-state index in [0.717, 1.165) is 19.6 Å².